The Kier molecular flexibility index (Phi) is 4.94. The fourth-order valence-electron chi connectivity index (χ4n) is 1.47. The summed E-state index contributed by atoms with van der Waals surface area (Å²) in [6.45, 7) is 0. The van der Waals surface area contributed by atoms with Crippen molar-refractivity contribution in [1.29, 1.82) is 0 Å². The smallest absolute Gasteiger partial charge is 0.303 e. The van der Waals surface area contributed by atoms with Gasteiger partial charge in [0.1, 0.15) is 0 Å². The van der Waals surface area contributed by atoms with Gasteiger partial charge in [0.25, 0.3) is 0 Å². The molecule has 0 aliphatic carbocycles. The molecule has 1 aromatic carbocycles. The van der Waals surface area contributed by atoms with E-state index in [4.69, 9.17) is 10.2 Å². The van der Waals surface area contributed by atoms with Gasteiger partial charge in [0.15, 0.2) is 0 Å². The molecule has 0 saturated carbocycles. The number of benzene rings is 1. The molecular weight excluding hydrogens is 220 g/mol. The molecule has 0 saturated heterocycles. The molecule has 17 heavy (non-hydrogen) atoms. The Labute approximate surface area is 99.2 Å². The van der Waals surface area contributed by atoms with Crippen molar-refractivity contribution in [2.75, 3.05) is 0 Å². The fourth-order valence-corrected chi connectivity index (χ4v) is 1.47. The third kappa shape index (κ3) is 5.51. The van der Waals surface area contributed by atoms with E-state index in [1.54, 1.807) is 12.2 Å². The Bertz CT molecular complexity index is 393. The number of hydrogen-bond acceptors (Lipinski definition) is 2. The van der Waals surface area contributed by atoms with E-state index in [9.17, 15) is 9.59 Å². The standard InChI is InChI=1S/C13H14O4/c14-12(15)8-11(9-13(16)17)7-6-10-4-2-1-3-5-10/h1-7,11H,8-9H2,(H,14,15)(H,16,17). The van der Waals surface area contributed by atoms with Crippen LogP contribution in [0.25, 0.3) is 6.08 Å². The van der Waals surface area contributed by atoms with E-state index in [1.807, 2.05) is 30.3 Å². The van der Waals surface area contributed by atoms with Crippen LogP contribution in [0, 0.1) is 5.92 Å². The van der Waals surface area contributed by atoms with Gasteiger partial charge in [-0.2, -0.15) is 0 Å². The van der Waals surface area contributed by atoms with Gasteiger partial charge < -0.3 is 10.2 Å². The monoisotopic (exact) mass is 234 g/mol. The SMILES string of the molecule is O=C(O)CC(C=Cc1ccccc1)CC(=O)O. The lowest BCUT2D eigenvalue weighted by Gasteiger charge is -2.06. The van der Waals surface area contributed by atoms with Crippen molar-refractivity contribution in [3.8, 4) is 0 Å². The summed E-state index contributed by atoms with van der Waals surface area (Å²) >= 11 is 0. The van der Waals surface area contributed by atoms with Gasteiger partial charge in [0.05, 0.1) is 12.8 Å². The quantitative estimate of drug-likeness (QED) is 0.791. The van der Waals surface area contributed by atoms with Crippen LogP contribution in [0.2, 0.25) is 0 Å². The first-order valence-corrected chi connectivity index (χ1v) is 5.25. The number of rotatable bonds is 6. The number of aliphatic carboxylic acids is 2. The zero-order chi connectivity index (χ0) is 12.7. The van der Waals surface area contributed by atoms with Crippen LogP contribution in [-0.4, -0.2) is 22.2 Å². The summed E-state index contributed by atoms with van der Waals surface area (Å²) in [7, 11) is 0. The van der Waals surface area contributed by atoms with E-state index in [1.165, 1.54) is 0 Å². The van der Waals surface area contributed by atoms with Gasteiger partial charge in [-0.3, -0.25) is 9.59 Å². The molecule has 90 valence electrons. The maximum atomic E-state index is 10.6. The first-order chi connectivity index (χ1) is 8.08. The van der Waals surface area contributed by atoms with E-state index in [0.29, 0.717) is 0 Å². The van der Waals surface area contributed by atoms with Gasteiger partial charge in [-0.25, -0.2) is 0 Å². The largest absolute Gasteiger partial charge is 0.481 e. The minimum absolute atomic E-state index is 0.171. The average molecular weight is 234 g/mol. The van der Waals surface area contributed by atoms with Crippen LogP contribution >= 0.6 is 0 Å². The Balaban J connectivity index is 2.68. The maximum Gasteiger partial charge on any atom is 0.303 e. The molecule has 1 rings (SSSR count). The van der Waals surface area contributed by atoms with E-state index >= 15 is 0 Å². The number of allylic oxidation sites excluding steroid dienone is 1. The Hall–Kier alpha value is -2.10. The first kappa shape index (κ1) is 13.0. The molecule has 2 N–H and O–H groups in total. The minimum atomic E-state index is -0.992. The van der Waals surface area contributed by atoms with Gasteiger partial charge in [-0.1, -0.05) is 42.5 Å². The lowest BCUT2D eigenvalue weighted by Crippen LogP contribution is -2.10. The summed E-state index contributed by atoms with van der Waals surface area (Å²) in [6, 6.07) is 9.35. The molecule has 0 bridgehead atoms. The van der Waals surface area contributed by atoms with Gasteiger partial charge in [-0.15, -0.1) is 0 Å². The zero-order valence-corrected chi connectivity index (χ0v) is 9.24. The average Bonchev–Trinajstić information content (AvgIpc) is 2.26. The normalized spacial score (nSPS) is 10.9. The van der Waals surface area contributed by atoms with E-state index in [0.717, 1.165) is 5.56 Å². The summed E-state index contributed by atoms with van der Waals surface area (Å²) in [4.78, 5) is 21.2. The predicted octanol–water partition coefficient (Wildman–Crippen LogP) is 2.27. The van der Waals surface area contributed by atoms with Gasteiger partial charge >= 0.3 is 11.9 Å². The molecule has 0 spiro atoms. The zero-order valence-electron chi connectivity index (χ0n) is 9.24. The van der Waals surface area contributed by atoms with Crippen molar-refractivity contribution in [3.63, 3.8) is 0 Å². The topological polar surface area (TPSA) is 74.6 Å². The third-order valence-corrected chi connectivity index (χ3v) is 2.23. The molecule has 0 aliphatic heterocycles. The minimum Gasteiger partial charge on any atom is -0.481 e. The number of carboxylic acids is 2. The second-order valence-electron chi connectivity index (χ2n) is 3.73. The highest BCUT2D eigenvalue weighted by molar-refractivity contribution is 5.71. The Morgan fingerprint density at radius 1 is 1.06 bits per heavy atom. The van der Waals surface area contributed by atoms with Crippen LogP contribution in [0.4, 0.5) is 0 Å². The first-order valence-electron chi connectivity index (χ1n) is 5.25. The van der Waals surface area contributed by atoms with Crippen molar-refractivity contribution < 1.29 is 19.8 Å². The van der Waals surface area contributed by atoms with Crippen LogP contribution in [0.1, 0.15) is 18.4 Å². The predicted molar refractivity (Wildman–Crippen MR) is 63.5 cm³/mol. The molecule has 0 fully saturated rings. The van der Waals surface area contributed by atoms with Crippen LogP contribution < -0.4 is 0 Å². The molecule has 0 amide bonds. The molecule has 1 aromatic rings. The van der Waals surface area contributed by atoms with Crippen molar-refractivity contribution in [1.82, 2.24) is 0 Å². The van der Waals surface area contributed by atoms with E-state index in [-0.39, 0.29) is 12.8 Å². The van der Waals surface area contributed by atoms with Crippen LogP contribution in [0.5, 0.6) is 0 Å². The molecule has 4 nitrogen and oxygen atoms in total. The molecule has 0 aromatic heterocycles. The van der Waals surface area contributed by atoms with E-state index < -0.39 is 17.9 Å². The molecule has 0 heterocycles. The molecule has 0 aliphatic rings. The highest BCUT2D eigenvalue weighted by Crippen LogP contribution is 2.13. The highest BCUT2D eigenvalue weighted by atomic mass is 16.4. The van der Waals surface area contributed by atoms with E-state index in [2.05, 4.69) is 0 Å². The summed E-state index contributed by atoms with van der Waals surface area (Å²) in [5.74, 6) is -2.46. The summed E-state index contributed by atoms with van der Waals surface area (Å²) in [6.07, 6.45) is 3.04. The highest BCUT2D eigenvalue weighted by Gasteiger charge is 2.13. The Morgan fingerprint density at radius 3 is 2.06 bits per heavy atom. The number of hydrogen-bond donors (Lipinski definition) is 2. The fraction of sp³-hybridized carbons (Fsp3) is 0.231. The molecular formula is C13H14O4. The lowest BCUT2D eigenvalue weighted by atomic mass is 10.00. The molecule has 4 heteroatoms. The number of carbonyl (C=O) groups is 2. The van der Waals surface area contributed by atoms with Crippen molar-refractivity contribution >= 4 is 18.0 Å². The lowest BCUT2D eigenvalue weighted by molar-refractivity contribution is -0.139. The second kappa shape index (κ2) is 6.48. The van der Waals surface area contributed by atoms with Gasteiger partial charge in [-0.05, 0) is 11.5 Å². The number of carboxylic acid groups (broad SMARTS) is 2. The third-order valence-electron chi connectivity index (χ3n) is 2.23. The van der Waals surface area contributed by atoms with Crippen molar-refractivity contribution in [2.24, 2.45) is 5.92 Å². The molecule has 0 atom stereocenters. The van der Waals surface area contributed by atoms with Crippen molar-refractivity contribution in [3.05, 3.63) is 42.0 Å². The van der Waals surface area contributed by atoms with Gasteiger partial charge in [0, 0.05) is 0 Å². The maximum absolute atomic E-state index is 10.6. The van der Waals surface area contributed by atoms with Crippen LogP contribution in [0.15, 0.2) is 36.4 Å². The second-order valence-corrected chi connectivity index (χ2v) is 3.73. The Morgan fingerprint density at radius 2 is 1.59 bits per heavy atom. The summed E-state index contributed by atoms with van der Waals surface area (Å²) in [5.41, 5.74) is 0.924. The summed E-state index contributed by atoms with van der Waals surface area (Å²) in [5, 5.41) is 17.3. The summed E-state index contributed by atoms with van der Waals surface area (Å²) < 4.78 is 0. The molecule has 0 unspecified atom stereocenters. The van der Waals surface area contributed by atoms with Gasteiger partial charge in [0.2, 0.25) is 0 Å². The molecule has 0 radical (unpaired) electrons. The van der Waals surface area contributed by atoms with Crippen LogP contribution in [0.3, 0.4) is 0 Å². The van der Waals surface area contributed by atoms with Crippen LogP contribution in [-0.2, 0) is 9.59 Å². The van der Waals surface area contributed by atoms with Crippen molar-refractivity contribution in [2.45, 2.75) is 12.8 Å².